The summed E-state index contributed by atoms with van der Waals surface area (Å²) in [4.78, 5) is 0. The highest BCUT2D eigenvalue weighted by Gasteiger charge is 2.43. The van der Waals surface area contributed by atoms with Gasteiger partial charge in [0.1, 0.15) is 0 Å². The second-order valence-corrected chi connectivity index (χ2v) is 10.3. The molecule has 0 aromatic heterocycles. The maximum atomic E-state index is 3.97. The van der Waals surface area contributed by atoms with Gasteiger partial charge in [0.15, 0.2) is 0 Å². The zero-order valence-electron chi connectivity index (χ0n) is 17.1. The van der Waals surface area contributed by atoms with Crippen molar-refractivity contribution in [1.29, 1.82) is 0 Å². The van der Waals surface area contributed by atoms with Gasteiger partial charge in [-0.05, 0) is 80.7 Å². The van der Waals surface area contributed by atoms with Crippen LogP contribution in [-0.4, -0.2) is 25.2 Å². The first-order valence-electron chi connectivity index (χ1n) is 12.2. The van der Waals surface area contributed by atoms with Crippen molar-refractivity contribution in [3.05, 3.63) is 24.3 Å². The van der Waals surface area contributed by atoms with E-state index in [2.05, 4.69) is 34.9 Å². The van der Waals surface area contributed by atoms with E-state index in [9.17, 15) is 0 Å². The van der Waals surface area contributed by atoms with E-state index in [1.165, 1.54) is 83.7 Å². The third-order valence-electron chi connectivity index (χ3n) is 8.91. The van der Waals surface area contributed by atoms with E-state index in [0.717, 1.165) is 47.6 Å². The second-order valence-electron chi connectivity index (χ2n) is 10.3. The van der Waals surface area contributed by atoms with Gasteiger partial charge in [-0.3, -0.25) is 0 Å². The molecule has 27 heavy (non-hydrogen) atoms. The fraction of sp³-hybridized carbons (Fsp3) is 0.840. The first-order chi connectivity index (χ1) is 13.4. The number of fused-ring (bicyclic) bond motifs is 6. The van der Waals surface area contributed by atoms with E-state index >= 15 is 0 Å². The van der Waals surface area contributed by atoms with Gasteiger partial charge in [-0.25, -0.2) is 0 Å². The summed E-state index contributed by atoms with van der Waals surface area (Å²) >= 11 is 0. The highest BCUT2D eigenvalue weighted by atomic mass is 15.0. The maximum absolute atomic E-state index is 3.97. The number of allylic oxidation sites excluding steroid dienone is 2. The summed E-state index contributed by atoms with van der Waals surface area (Å²) in [5.74, 6) is 5.43. The molecular formula is C25H40N2. The summed E-state index contributed by atoms with van der Waals surface area (Å²) in [6.45, 7) is 2.39. The van der Waals surface area contributed by atoms with Crippen molar-refractivity contribution in [2.45, 2.75) is 82.7 Å². The molecule has 1 heterocycles. The van der Waals surface area contributed by atoms with Gasteiger partial charge >= 0.3 is 0 Å². The molecule has 4 saturated carbocycles. The molecule has 0 aromatic rings. The lowest BCUT2D eigenvalue weighted by atomic mass is 9.77. The predicted molar refractivity (Wildman–Crippen MR) is 114 cm³/mol. The summed E-state index contributed by atoms with van der Waals surface area (Å²) in [5.41, 5.74) is 0. The van der Waals surface area contributed by atoms with Crippen LogP contribution < -0.4 is 10.6 Å². The molecule has 0 spiro atoms. The van der Waals surface area contributed by atoms with Gasteiger partial charge in [-0.2, -0.15) is 0 Å². The Morgan fingerprint density at radius 3 is 1.56 bits per heavy atom. The molecule has 4 fully saturated rings. The summed E-state index contributed by atoms with van der Waals surface area (Å²) in [7, 11) is 0. The van der Waals surface area contributed by atoms with E-state index < -0.39 is 0 Å². The zero-order valence-corrected chi connectivity index (χ0v) is 17.1. The molecule has 2 heteroatoms. The fourth-order valence-corrected chi connectivity index (χ4v) is 7.68. The summed E-state index contributed by atoms with van der Waals surface area (Å²) in [6.07, 6.45) is 26.0. The van der Waals surface area contributed by atoms with Gasteiger partial charge in [0.25, 0.3) is 0 Å². The van der Waals surface area contributed by atoms with Gasteiger partial charge in [0.2, 0.25) is 0 Å². The molecule has 0 amide bonds. The SMILES string of the molecule is C1=C/[C@H]2[C@@H]3CCCC[C@@H]3C[C@@H]2NCCCN[C@@H]2C[C@@H]3CCCC[C@H]3[C@@H]2/C=C/1. The van der Waals surface area contributed by atoms with Crippen molar-refractivity contribution in [3.63, 3.8) is 0 Å². The molecule has 0 bridgehead atoms. The minimum absolute atomic E-state index is 0.728. The van der Waals surface area contributed by atoms with Crippen molar-refractivity contribution >= 4 is 0 Å². The van der Waals surface area contributed by atoms with Gasteiger partial charge < -0.3 is 10.6 Å². The fourth-order valence-electron chi connectivity index (χ4n) is 7.68. The molecule has 5 rings (SSSR count). The lowest BCUT2D eigenvalue weighted by Crippen LogP contribution is -2.37. The van der Waals surface area contributed by atoms with Gasteiger partial charge in [0, 0.05) is 12.1 Å². The van der Waals surface area contributed by atoms with Crippen LogP contribution in [0.15, 0.2) is 24.3 Å². The summed E-state index contributed by atoms with van der Waals surface area (Å²) in [5, 5.41) is 7.94. The van der Waals surface area contributed by atoms with Gasteiger partial charge in [-0.15, -0.1) is 0 Å². The van der Waals surface area contributed by atoms with Crippen LogP contribution in [-0.2, 0) is 0 Å². The Kier molecular flexibility index (Phi) is 5.74. The third-order valence-corrected chi connectivity index (χ3v) is 8.91. The summed E-state index contributed by atoms with van der Waals surface area (Å²) in [6, 6.07) is 1.46. The average molecular weight is 369 g/mol. The lowest BCUT2D eigenvalue weighted by Gasteiger charge is -2.28. The molecule has 2 N–H and O–H groups in total. The van der Waals surface area contributed by atoms with Gasteiger partial charge in [-0.1, -0.05) is 62.8 Å². The highest BCUT2D eigenvalue weighted by Crippen LogP contribution is 2.48. The topological polar surface area (TPSA) is 24.1 Å². The molecule has 8 atom stereocenters. The Bertz CT molecular complexity index is 505. The third kappa shape index (κ3) is 3.81. The number of hydrogen-bond donors (Lipinski definition) is 2. The average Bonchev–Trinajstić information content (AvgIpc) is 3.22. The minimum Gasteiger partial charge on any atom is -0.313 e. The Hall–Kier alpha value is -0.600. The molecule has 1 aliphatic heterocycles. The van der Waals surface area contributed by atoms with E-state index in [0.29, 0.717) is 0 Å². The van der Waals surface area contributed by atoms with Crippen LogP contribution in [0.3, 0.4) is 0 Å². The molecule has 150 valence electrons. The first-order valence-corrected chi connectivity index (χ1v) is 12.2. The molecule has 0 unspecified atom stereocenters. The van der Waals surface area contributed by atoms with Crippen LogP contribution >= 0.6 is 0 Å². The zero-order chi connectivity index (χ0) is 18.1. The Morgan fingerprint density at radius 2 is 1.04 bits per heavy atom. The molecule has 0 aromatic carbocycles. The molecule has 0 saturated heterocycles. The van der Waals surface area contributed by atoms with Crippen LogP contribution in [0.4, 0.5) is 0 Å². The lowest BCUT2D eigenvalue weighted by molar-refractivity contribution is 0.247. The van der Waals surface area contributed by atoms with Crippen molar-refractivity contribution in [1.82, 2.24) is 10.6 Å². The van der Waals surface area contributed by atoms with Crippen molar-refractivity contribution in [2.75, 3.05) is 13.1 Å². The predicted octanol–water partition coefficient (Wildman–Crippen LogP) is 5.07. The van der Waals surface area contributed by atoms with Crippen LogP contribution in [0.5, 0.6) is 0 Å². The van der Waals surface area contributed by atoms with Crippen LogP contribution in [0.2, 0.25) is 0 Å². The molecule has 0 radical (unpaired) electrons. The molecule has 5 aliphatic rings. The van der Waals surface area contributed by atoms with Crippen LogP contribution in [0.1, 0.15) is 70.6 Å². The van der Waals surface area contributed by atoms with E-state index in [1.54, 1.807) is 0 Å². The first kappa shape index (κ1) is 18.4. The molecular weight excluding hydrogens is 328 g/mol. The second kappa shape index (κ2) is 8.41. The minimum atomic E-state index is 0.728. The van der Waals surface area contributed by atoms with Crippen molar-refractivity contribution < 1.29 is 0 Å². The van der Waals surface area contributed by atoms with E-state index in [1.807, 2.05) is 0 Å². The van der Waals surface area contributed by atoms with E-state index in [4.69, 9.17) is 0 Å². The quantitative estimate of drug-likeness (QED) is 0.624. The standard InChI is InChI=1S/C25H40N2/c1-3-10-20-18(8-1)16-24-22(20)12-5-6-13-23-21-11-4-2-9-19(21)17-25(23)27-15-7-14-26-24/h5-6,12-13,18-27H,1-4,7-11,14-17H2/b12-5+,13-6+/t18-,19+,20-,21-,22+,23+,24+,25-/m1/s1. The Morgan fingerprint density at radius 1 is 0.556 bits per heavy atom. The van der Waals surface area contributed by atoms with E-state index in [-0.39, 0.29) is 0 Å². The van der Waals surface area contributed by atoms with Crippen molar-refractivity contribution in [2.24, 2.45) is 35.5 Å². The number of rotatable bonds is 0. The smallest absolute Gasteiger partial charge is 0.0135 e. The van der Waals surface area contributed by atoms with Crippen LogP contribution in [0.25, 0.3) is 0 Å². The maximum Gasteiger partial charge on any atom is 0.0135 e. The van der Waals surface area contributed by atoms with Crippen molar-refractivity contribution in [3.8, 4) is 0 Å². The molecule has 2 nitrogen and oxygen atoms in total. The van der Waals surface area contributed by atoms with Crippen LogP contribution in [0, 0.1) is 35.5 Å². The Labute approximate surface area is 166 Å². The molecule has 4 aliphatic carbocycles. The largest absolute Gasteiger partial charge is 0.313 e. The highest BCUT2D eigenvalue weighted by molar-refractivity contribution is 5.15. The summed E-state index contributed by atoms with van der Waals surface area (Å²) < 4.78 is 0. The Balaban J connectivity index is 1.33. The number of hydrogen-bond acceptors (Lipinski definition) is 2. The number of nitrogens with one attached hydrogen (secondary N) is 2. The normalized spacial score (nSPS) is 50.1. The monoisotopic (exact) mass is 368 g/mol. The van der Waals surface area contributed by atoms with Gasteiger partial charge in [0.05, 0.1) is 0 Å².